The number of rotatable bonds is 3. The summed E-state index contributed by atoms with van der Waals surface area (Å²) in [5, 5.41) is 18.5. The molecule has 0 spiro atoms. The average molecular weight is 206 g/mol. The molecule has 0 atom stereocenters. The van der Waals surface area contributed by atoms with Crippen LogP contribution in [0.25, 0.3) is 0 Å². The zero-order valence-corrected chi connectivity index (χ0v) is 7.54. The van der Waals surface area contributed by atoms with Gasteiger partial charge in [0, 0.05) is 12.1 Å². The maximum atomic E-state index is 11.1. The van der Waals surface area contributed by atoms with Crippen LogP contribution in [0.3, 0.4) is 0 Å². The van der Waals surface area contributed by atoms with Gasteiger partial charge in [0.05, 0.1) is 10.5 Å². The third-order valence-corrected chi connectivity index (χ3v) is 1.58. The summed E-state index contributed by atoms with van der Waals surface area (Å²) in [4.78, 5) is 20.9. The van der Waals surface area contributed by atoms with Crippen molar-refractivity contribution in [2.24, 2.45) is 0 Å². The first-order chi connectivity index (χ1) is 7.15. The van der Waals surface area contributed by atoms with E-state index in [0.717, 1.165) is 0 Å². The molecule has 0 saturated heterocycles. The molecule has 0 aliphatic rings. The largest absolute Gasteiger partial charge is 0.447 e. The number of carbonyl (C=O) groups excluding carboxylic acids is 1. The van der Waals surface area contributed by atoms with Crippen LogP contribution in [0.1, 0.15) is 10.4 Å². The van der Waals surface area contributed by atoms with Gasteiger partial charge in [-0.2, -0.15) is 5.26 Å². The Kier molecular flexibility index (Phi) is 3.35. The van der Waals surface area contributed by atoms with Gasteiger partial charge in [0.25, 0.3) is 5.69 Å². The molecule has 6 nitrogen and oxygen atoms in total. The molecule has 0 saturated carbocycles. The van der Waals surface area contributed by atoms with E-state index in [1.54, 1.807) is 6.07 Å². The number of non-ortho nitro benzene ring substituents is 1. The second-order valence-corrected chi connectivity index (χ2v) is 2.54. The van der Waals surface area contributed by atoms with Gasteiger partial charge in [-0.15, -0.1) is 0 Å². The Morgan fingerprint density at radius 3 is 2.53 bits per heavy atom. The van der Waals surface area contributed by atoms with Crippen molar-refractivity contribution in [3.05, 3.63) is 39.9 Å². The first-order valence-corrected chi connectivity index (χ1v) is 3.93. The quantitative estimate of drug-likeness (QED) is 0.421. The monoisotopic (exact) mass is 206 g/mol. The van der Waals surface area contributed by atoms with E-state index in [4.69, 9.17) is 5.26 Å². The molecule has 0 N–H and O–H groups in total. The van der Waals surface area contributed by atoms with Crippen LogP contribution >= 0.6 is 0 Å². The SMILES string of the molecule is N#CCOC(=O)c1ccc([N+](=O)[O-])cc1. The van der Waals surface area contributed by atoms with Crippen LogP contribution in [-0.2, 0) is 4.74 Å². The van der Waals surface area contributed by atoms with Gasteiger partial charge in [-0.3, -0.25) is 10.1 Å². The smallest absolute Gasteiger partial charge is 0.339 e. The fourth-order valence-corrected chi connectivity index (χ4v) is 0.900. The van der Waals surface area contributed by atoms with Crippen LogP contribution in [0.2, 0.25) is 0 Å². The molecule has 0 aliphatic heterocycles. The molecule has 15 heavy (non-hydrogen) atoms. The first-order valence-electron chi connectivity index (χ1n) is 3.93. The van der Waals surface area contributed by atoms with Crippen LogP contribution in [0.5, 0.6) is 0 Å². The predicted molar refractivity (Wildman–Crippen MR) is 49.0 cm³/mol. The minimum atomic E-state index is -0.675. The lowest BCUT2D eigenvalue weighted by Gasteiger charge is -1.99. The van der Waals surface area contributed by atoms with Crippen LogP contribution in [0, 0.1) is 21.4 Å². The van der Waals surface area contributed by atoms with Crippen molar-refractivity contribution >= 4 is 11.7 Å². The molecule has 1 rings (SSSR count). The second-order valence-electron chi connectivity index (χ2n) is 2.54. The molecule has 0 aromatic heterocycles. The van der Waals surface area contributed by atoms with Crippen molar-refractivity contribution in [2.75, 3.05) is 6.61 Å². The lowest BCUT2D eigenvalue weighted by Crippen LogP contribution is -2.05. The van der Waals surface area contributed by atoms with Gasteiger partial charge in [0.2, 0.25) is 0 Å². The third-order valence-electron chi connectivity index (χ3n) is 1.58. The molecule has 0 bridgehead atoms. The van der Waals surface area contributed by atoms with Crippen LogP contribution < -0.4 is 0 Å². The van der Waals surface area contributed by atoms with Crippen molar-refractivity contribution in [1.82, 2.24) is 0 Å². The molecule has 6 heteroatoms. The van der Waals surface area contributed by atoms with E-state index in [-0.39, 0.29) is 17.9 Å². The molecule has 0 heterocycles. The number of hydrogen-bond donors (Lipinski definition) is 0. The normalized spacial score (nSPS) is 9.00. The number of esters is 1. The van der Waals surface area contributed by atoms with Gasteiger partial charge >= 0.3 is 5.97 Å². The number of hydrogen-bond acceptors (Lipinski definition) is 5. The Bertz CT molecular complexity index is 419. The zero-order valence-electron chi connectivity index (χ0n) is 7.54. The lowest BCUT2D eigenvalue weighted by molar-refractivity contribution is -0.384. The molecule has 0 unspecified atom stereocenters. The highest BCUT2D eigenvalue weighted by Crippen LogP contribution is 2.12. The summed E-state index contributed by atoms with van der Waals surface area (Å²) in [6, 6.07) is 6.59. The molecule has 1 aromatic carbocycles. The highest BCUT2D eigenvalue weighted by Gasteiger charge is 2.09. The number of nitro groups is 1. The van der Waals surface area contributed by atoms with Crippen molar-refractivity contribution in [3.8, 4) is 6.07 Å². The number of carbonyl (C=O) groups is 1. The summed E-state index contributed by atoms with van der Waals surface area (Å²) in [6.07, 6.45) is 0. The second kappa shape index (κ2) is 4.72. The van der Waals surface area contributed by atoms with Crippen molar-refractivity contribution in [3.63, 3.8) is 0 Å². The fourth-order valence-electron chi connectivity index (χ4n) is 0.900. The maximum Gasteiger partial charge on any atom is 0.339 e. The summed E-state index contributed by atoms with van der Waals surface area (Å²) >= 11 is 0. The van der Waals surface area contributed by atoms with Crippen LogP contribution in [0.4, 0.5) is 5.69 Å². The van der Waals surface area contributed by atoms with Crippen molar-refractivity contribution < 1.29 is 14.5 Å². The molecular weight excluding hydrogens is 200 g/mol. The highest BCUT2D eigenvalue weighted by atomic mass is 16.6. The predicted octanol–water partition coefficient (Wildman–Crippen LogP) is 1.28. The fraction of sp³-hybridized carbons (Fsp3) is 0.111. The number of nitriles is 1. The van der Waals surface area contributed by atoms with Gasteiger partial charge in [-0.1, -0.05) is 0 Å². The van der Waals surface area contributed by atoms with E-state index in [0.29, 0.717) is 0 Å². The third kappa shape index (κ3) is 2.77. The van der Waals surface area contributed by atoms with Gasteiger partial charge in [0.1, 0.15) is 6.07 Å². The van der Waals surface area contributed by atoms with Crippen LogP contribution in [0.15, 0.2) is 24.3 Å². The van der Waals surface area contributed by atoms with Gasteiger partial charge < -0.3 is 4.74 Å². The van der Waals surface area contributed by atoms with Gasteiger partial charge in [-0.25, -0.2) is 4.79 Å². The molecule has 0 amide bonds. The van der Waals surface area contributed by atoms with Crippen molar-refractivity contribution in [1.29, 1.82) is 5.26 Å². The Morgan fingerprint density at radius 2 is 2.07 bits per heavy atom. The number of ether oxygens (including phenoxy) is 1. The van der Waals surface area contributed by atoms with E-state index in [1.807, 2.05) is 0 Å². The number of benzene rings is 1. The Labute approximate surface area is 84.8 Å². The maximum absolute atomic E-state index is 11.1. The summed E-state index contributed by atoms with van der Waals surface area (Å²) in [5.74, 6) is -0.675. The zero-order chi connectivity index (χ0) is 11.3. The molecule has 1 aromatic rings. The Balaban J connectivity index is 2.76. The van der Waals surface area contributed by atoms with E-state index in [9.17, 15) is 14.9 Å². The summed E-state index contributed by atoms with van der Waals surface area (Å²) in [5.41, 5.74) is 0.0719. The highest BCUT2D eigenvalue weighted by molar-refractivity contribution is 5.89. The molecule has 0 fully saturated rings. The van der Waals surface area contributed by atoms with Crippen LogP contribution in [-0.4, -0.2) is 17.5 Å². The average Bonchev–Trinajstić information content (AvgIpc) is 2.26. The van der Waals surface area contributed by atoms with Gasteiger partial charge in [0.15, 0.2) is 6.61 Å². The molecule has 0 radical (unpaired) electrons. The summed E-state index contributed by atoms with van der Waals surface area (Å²) < 4.78 is 4.51. The molecular formula is C9H6N2O4. The summed E-state index contributed by atoms with van der Waals surface area (Å²) in [7, 11) is 0. The Hall–Kier alpha value is -2.42. The van der Waals surface area contributed by atoms with E-state index < -0.39 is 10.9 Å². The minimum absolute atomic E-state index is 0.105. The molecule has 0 aliphatic carbocycles. The minimum Gasteiger partial charge on any atom is -0.447 e. The van der Waals surface area contributed by atoms with Gasteiger partial charge in [-0.05, 0) is 12.1 Å². The summed E-state index contributed by atoms with van der Waals surface area (Å²) in [6.45, 7) is -0.337. The van der Waals surface area contributed by atoms with E-state index in [1.165, 1.54) is 24.3 Å². The molecule has 76 valence electrons. The first kappa shape index (κ1) is 10.7. The standard InChI is InChI=1S/C9H6N2O4/c10-5-6-15-9(12)7-1-3-8(4-2-7)11(13)14/h1-4H,6H2. The Morgan fingerprint density at radius 1 is 1.47 bits per heavy atom. The number of nitro benzene ring substituents is 1. The topological polar surface area (TPSA) is 93.2 Å². The van der Waals surface area contributed by atoms with E-state index in [2.05, 4.69) is 4.74 Å². The van der Waals surface area contributed by atoms with Crippen molar-refractivity contribution in [2.45, 2.75) is 0 Å². The lowest BCUT2D eigenvalue weighted by atomic mass is 10.2. The number of nitrogens with zero attached hydrogens (tertiary/aromatic N) is 2. The van der Waals surface area contributed by atoms with E-state index >= 15 is 0 Å².